The first kappa shape index (κ1) is 18.1. The minimum absolute atomic E-state index is 0.0458. The van der Waals surface area contributed by atoms with Crippen LogP contribution in [-0.2, 0) is 16.6 Å². The van der Waals surface area contributed by atoms with Gasteiger partial charge in [0, 0.05) is 12.1 Å². The molecule has 0 atom stereocenters. The molecule has 0 aliphatic heterocycles. The highest BCUT2D eigenvalue weighted by molar-refractivity contribution is 7.89. The van der Waals surface area contributed by atoms with Crippen LogP contribution in [0, 0.1) is 5.82 Å². The summed E-state index contributed by atoms with van der Waals surface area (Å²) in [5, 5.41) is 16.8. The van der Waals surface area contributed by atoms with Crippen molar-refractivity contribution in [1.82, 2.24) is 24.7 Å². The Bertz CT molecular complexity index is 972. The number of nitrogens with one attached hydrogen (secondary N) is 1. The monoisotopic (exact) mass is 377 g/mol. The molecule has 0 amide bonds. The number of rotatable bonds is 7. The SMILES string of the molecule is O=S(=O)(NCCO)c1ccc(-c2cn(Cc3ccc(F)cn3)nn2)cc1. The van der Waals surface area contributed by atoms with E-state index in [0.717, 1.165) is 6.20 Å². The van der Waals surface area contributed by atoms with Gasteiger partial charge in [-0.3, -0.25) is 4.98 Å². The normalized spacial score (nSPS) is 11.6. The molecule has 3 aromatic rings. The molecule has 0 unspecified atom stereocenters. The molecule has 0 saturated carbocycles. The van der Waals surface area contributed by atoms with E-state index in [1.165, 1.54) is 18.2 Å². The summed E-state index contributed by atoms with van der Waals surface area (Å²) in [6.07, 6.45) is 2.83. The Balaban J connectivity index is 1.74. The van der Waals surface area contributed by atoms with Gasteiger partial charge in [-0.15, -0.1) is 5.10 Å². The van der Waals surface area contributed by atoms with Crippen molar-refractivity contribution in [3.63, 3.8) is 0 Å². The third-order valence-electron chi connectivity index (χ3n) is 3.52. The zero-order valence-electron chi connectivity index (χ0n) is 13.6. The van der Waals surface area contributed by atoms with E-state index in [2.05, 4.69) is 20.0 Å². The summed E-state index contributed by atoms with van der Waals surface area (Å²) in [5.41, 5.74) is 1.91. The van der Waals surface area contributed by atoms with Crippen LogP contribution in [0.2, 0.25) is 0 Å². The molecule has 26 heavy (non-hydrogen) atoms. The highest BCUT2D eigenvalue weighted by Crippen LogP contribution is 2.19. The van der Waals surface area contributed by atoms with E-state index in [1.54, 1.807) is 29.1 Å². The number of halogens is 1. The van der Waals surface area contributed by atoms with E-state index in [4.69, 9.17) is 5.11 Å². The summed E-state index contributed by atoms with van der Waals surface area (Å²) >= 11 is 0. The number of hydrogen-bond acceptors (Lipinski definition) is 6. The fourth-order valence-corrected chi connectivity index (χ4v) is 3.26. The van der Waals surface area contributed by atoms with E-state index in [0.29, 0.717) is 23.5 Å². The van der Waals surface area contributed by atoms with Crippen molar-refractivity contribution in [2.75, 3.05) is 13.2 Å². The van der Waals surface area contributed by atoms with Crippen molar-refractivity contribution in [2.45, 2.75) is 11.4 Å². The number of aromatic nitrogens is 4. The van der Waals surface area contributed by atoms with E-state index >= 15 is 0 Å². The molecule has 0 aliphatic rings. The maximum absolute atomic E-state index is 12.9. The summed E-state index contributed by atoms with van der Waals surface area (Å²) in [4.78, 5) is 4.06. The number of aliphatic hydroxyl groups is 1. The quantitative estimate of drug-likeness (QED) is 0.630. The molecule has 0 saturated heterocycles. The highest BCUT2D eigenvalue weighted by Gasteiger charge is 2.13. The molecule has 1 aromatic carbocycles. The lowest BCUT2D eigenvalue weighted by atomic mass is 10.2. The summed E-state index contributed by atoms with van der Waals surface area (Å²) in [5.74, 6) is -0.406. The predicted octanol–water partition coefficient (Wildman–Crippen LogP) is 0.798. The van der Waals surface area contributed by atoms with Gasteiger partial charge in [-0.25, -0.2) is 22.2 Å². The van der Waals surface area contributed by atoms with Crippen molar-refractivity contribution in [2.24, 2.45) is 0 Å². The van der Waals surface area contributed by atoms with Gasteiger partial charge >= 0.3 is 0 Å². The van der Waals surface area contributed by atoms with E-state index < -0.39 is 15.8 Å². The number of sulfonamides is 1. The second-order valence-corrected chi connectivity index (χ2v) is 7.18. The molecule has 0 bridgehead atoms. The summed E-state index contributed by atoms with van der Waals surface area (Å²) in [6, 6.07) is 9.04. The van der Waals surface area contributed by atoms with Gasteiger partial charge in [-0.1, -0.05) is 17.3 Å². The Morgan fingerprint density at radius 2 is 1.92 bits per heavy atom. The van der Waals surface area contributed by atoms with Crippen LogP contribution in [0.1, 0.15) is 5.69 Å². The molecule has 0 radical (unpaired) electrons. The van der Waals surface area contributed by atoms with Crippen molar-refractivity contribution in [3.8, 4) is 11.3 Å². The maximum Gasteiger partial charge on any atom is 0.240 e. The van der Waals surface area contributed by atoms with Gasteiger partial charge in [0.2, 0.25) is 10.0 Å². The van der Waals surface area contributed by atoms with Gasteiger partial charge in [-0.2, -0.15) is 0 Å². The van der Waals surface area contributed by atoms with Crippen molar-refractivity contribution in [3.05, 3.63) is 60.3 Å². The predicted molar refractivity (Wildman–Crippen MR) is 91.0 cm³/mol. The number of aliphatic hydroxyl groups excluding tert-OH is 1. The minimum atomic E-state index is -3.65. The minimum Gasteiger partial charge on any atom is -0.395 e. The van der Waals surface area contributed by atoms with Crippen molar-refractivity contribution >= 4 is 10.0 Å². The Kier molecular flexibility index (Phi) is 5.35. The molecular weight excluding hydrogens is 361 g/mol. The lowest BCUT2D eigenvalue weighted by molar-refractivity contribution is 0.301. The molecule has 136 valence electrons. The molecular formula is C16H16FN5O3S. The second kappa shape index (κ2) is 7.68. The Labute approximate surface area is 149 Å². The van der Waals surface area contributed by atoms with Gasteiger partial charge in [0.1, 0.15) is 11.5 Å². The standard InChI is InChI=1S/C16H16FN5O3S/c17-13-3-4-14(18-9-13)10-22-11-16(20-21-22)12-1-5-15(6-2-12)26(24,25)19-7-8-23/h1-6,9,11,19,23H,7-8,10H2. The molecule has 2 heterocycles. The molecule has 10 heteroatoms. The zero-order valence-corrected chi connectivity index (χ0v) is 14.4. The van der Waals surface area contributed by atoms with Crippen LogP contribution in [0.3, 0.4) is 0 Å². The average molecular weight is 377 g/mol. The van der Waals surface area contributed by atoms with Crippen LogP contribution in [0.15, 0.2) is 53.7 Å². The van der Waals surface area contributed by atoms with Crippen LogP contribution in [0.25, 0.3) is 11.3 Å². The van der Waals surface area contributed by atoms with E-state index in [9.17, 15) is 12.8 Å². The maximum atomic E-state index is 12.9. The fourth-order valence-electron chi connectivity index (χ4n) is 2.24. The second-order valence-electron chi connectivity index (χ2n) is 5.41. The molecule has 0 aliphatic carbocycles. The molecule has 2 aromatic heterocycles. The third-order valence-corrected chi connectivity index (χ3v) is 4.99. The topological polar surface area (TPSA) is 110 Å². The Hall–Kier alpha value is -2.69. The summed E-state index contributed by atoms with van der Waals surface area (Å²) < 4.78 is 40.7. The van der Waals surface area contributed by atoms with Crippen LogP contribution in [0.4, 0.5) is 4.39 Å². The largest absolute Gasteiger partial charge is 0.395 e. The van der Waals surface area contributed by atoms with Crippen molar-refractivity contribution in [1.29, 1.82) is 0 Å². The highest BCUT2D eigenvalue weighted by atomic mass is 32.2. The number of nitrogens with zero attached hydrogens (tertiary/aromatic N) is 4. The van der Waals surface area contributed by atoms with Crippen LogP contribution in [0.5, 0.6) is 0 Å². The first-order valence-corrected chi connectivity index (χ1v) is 9.18. The summed E-state index contributed by atoms with van der Waals surface area (Å²) in [7, 11) is -3.65. The number of benzene rings is 1. The third kappa shape index (κ3) is 4.28. The van der Waals surface area contributed by atoms with Gasteiger partial charge in [0.25, 0.3) is 0 Å². The van der Waals surface area contributed by atoms with E-state index in [1.807, 2.05) is 0 Å². The number of hydrogen-bond donors (Lipinski definition) is 2. The first-order chi connectivity index (χ1) is 12.5. The lowest BCUT2D eigenvalue weighted by Crippen LogP contribution is -2.26. The Morgan fingerprint density at radius 1 is 1.15 bits per heavy atom. The fraction of sp³-hybridized carbons (Fsp3) is 0.188. The van der Waals surface area contributed by atoms with E-state index in [-0.39, 0.29) is 18.0 Å². The molecule has 2 N–H and O–H groups in total. The van der Waals surface area contributed by atoms with Gasteiger partial charge in [-0.05, 0) is 24.3 Å². The van der Waals surface area contributed by atoms with Crippen LogP contribution < -0.4 is 4.72 Å². The average Bonchev–Trinajstić information content (AvgIpc) is 3.11. The molecule has 0 spiro atoms. The molecule has 0 fully saturated rings. The van der Waals surface area contributed by atoms with Crippen LogP contribution >= 0.6 is 0 Å². The first-order valence-electron chi connectivity index (χ1n) is 7.69. The van der Waals surface area contributed by atoms with Gasteiger partial charge < -0.3 is 5.11 Å². The zero-order chi connectivity index (χ0) is 18.6. The van der Waals surface area contributed by atoms with Gasteiger partial charge in [0.05, 0.1) is 36.1 Å². The Morgan fingerprint density at radius 3 is 2.58 bits per heavy atom. The van der Waals surface area contributed by atoms with Gasteiger partial charge in [0.15, 0.2) is 0 Å². The lowest BCUT2D eigenvalue weighted by Gasteiger charge is -2.05. The summed E-state index contributed by atoms with van der Waals surface area (Å²) in [6.45, 7) is 0.0178. The molecule has 3 rings (SSSR count). The molecule has 8 nitrogen and oxygen atoms in total. The van der Waals surface area contributed by atoms with Crippen molar-refractivity contribution < 1.29 is 17.9 Å². The smallest absolute Gasteiger partial charge is 0.240 e. The van der Waals surface area contributed by atoms with Crippen LogP contribution in [-0.4, -0.2) is 46.7 Å². The number of pyridine rings is 1.